The molecular formula is C17H31NO2. The molecule has 2 N–H and O–H groups in total. The lowest BCUT2D eigenvalue weighted by atomic mass is 9.87. The first-order valence-electron chi connectivity index (χ1n) is 8.67. The van der Waals surface area contributed by atoms with E-state index >= 15 is 0 Å². The van der Waals surface area contributed by atoms with Gasteiger partial charge in [0, 0.05) is 6.04 Å². The Bertz CT molecular complexity index is 310. The zero-order valence-corrected chi connectivity index (χ0v) is 13.0. The van der Waals surface area contributed by atoms with Crippen LogP contribution in [0.5, 0.6) is 0 Å². The Balaban J connectivity index is 2.02. The number of nitrogens with one attached hydrogen (secondary N) is 1. The molecule has 2 aliphatic rings. The fraction of sp³-hybridized carbons (Fsp3) is 0.941. The molecule has 3 nitrogen and oxygen atoms in total. The van der Waals surface area contributed by atoms with Crippen LogP contribution in [-0.2, 0) is 4.79 Å². The number of rotatable bonds is 4. The summed E-state index contributed by atoms with van der Waals surface area (Å²) >= 11 is 0. The van der Waals surface area contributed by atoms with E-state index in [-0.39, 0.29) is 0 Å². The third kappa shape index (κ3) is 3.97. The van der Waals surface area contributed by atoms with E-state index in [2.05, 4.69) is 12.2 Å². The predicted molar refractivity (Wildman–Crippen MR) is 81.9 cm³/mol. The summed E-state index contributed by atoms with van der Waals surface area (Å²) in [5.41, 5.74) is -0.640. The largest absolute Gasteiger partial charge is 0.480 e. The normalized spacial score (nSPS) is 33.4. The van der Waals surface area contributed by atoms with E-state index in [9.17, 15) is 9.90 Å². The van der Waals surface area contributed by atoms with Crippen LogP contribution in [0.25, 0.3) is 0 Å². The summed E-state index contributed by atoms with van der Waals surface area (Å²) < 4.78 is 0. The summed E-state index contributed by atoms with van der Waals surface area (Å²) in [4.78, 5) is 11.9. The molecule has 0 aromatic heterocycles. The van der Waals surface area contributed by atoms with Gasteiger partial charge < -0.3 is 5.11 Å². The van der Waals surface area contributed by atoms with Crippen molar-refractivity contribution in [3.63, 3.8) is 0 Å². The highest BCUT2D eigenvalue weighted by molar-refractivity contribution is 5.78. The monoisotopic (exact) mass is 281 g/mol. The standard InChI is InChI=1S/C17H31NO2/c1-2-14-8-7-12-17(13-11-14,16(19)20)18-15-9-5-3-4-6-10-15/h14-15,18H,2-13H2,1H3,(H,19,20). The average molecular weight is 281 g/mol. The summed E-state index contributed by atoms with van der Waals surface area (Å²) in [7, 11) is 0. The van der Waals surface area contributed by atoms with E-state index in [0.29, 0.717) is 6.04 Å². The van der Waals surface area contributed by atoms with Crippen LogP contribution in [0, 0.1) is 5.92 Å². The minimum atomic E-state index is -0.640. The molecule has 20 heavy (non-hydrogen) atoms. The van der Waals surface area contributed by atoms with Crippen LogP contribution in [-0.4, -0.2) is 22.7 Å². The SMILES string of the molecule is CCC1CCCC(NC2CCCCCC2)(C(=O)O)CC1. The number of aliphatic carboxylic acids is 1. The van der Waals surface area contributed by atoms with Crippen molar-refractivity contribution in [3.8, 4) is 0 Å². The maximum absolute atomic E-state index is 11.9. The highest BCUT2D eigenvalue weighted by Crippen LogP contribution is 2.33. The van der Waals surface area contributed by atoms with Gasteiger partial charge in [0.15, 0.2) is 0 Å². The minimum Gasteiger partial charge on any atom is -0.480 e. The highest BCUT2D eigenvalue weighted by atomic mass is 16.4. The van der Waals surface area contributed by atoms with Crippen LogP contribution in [0.4, 0.5) is 0 Å². The second kappa shape index (κ2) is 7.44. The van der Waals surface area contributed by atoms with Gasteiger partial charge in [0.1, 0.15) is 5.54 Å². The van der Waals surface area contributed by atoms with Gasteiger partial charge in [-0.1, -0.05) is 51.9 Å². The molecule has 2 saturated carbocycles. The van der Waals surface area contributed by atoms with Crippen molar-refractivity contribution in [2.75, 3.05) is 0 Å². The topological polar surface area (TPSA) is 49.3 Å². The molecule has 116 valence electrons. The van der Waals surface area contributed by atoms with Gasteiger partial charge in [0.2, 0.25) is 0 Å². The van der Waals surface area contributed by atoms with Gasteiger partial charge in [-0.2, -0.15) is 0 Å². The average Bonchev–Trinajstić information content (AvgIpc) is 2.80. The van der Waals surface area contributed by atoms with Gasteiger partial charge in [-0.15, -0.1) is 0 Å². The summed E-state index contributed by atoms with van der Waals surface area (Å²) in [6.45, 7) is 2.23. The minimum absolute atomic E-state index is 0.423. The number of hydrogen-bond donors (Lipinski definition) is 2. The zero-order valence-electron chi connectivity index (χ0n) is 13.0. The predicted octanol–water partition coefficient (Wildman–Crippen LogP) is 4.11. The first kappa shape index (κ1) is 15.8. The van der Waals surface area contributed by atoms with Crippen LogP contribution < -0.4 is 5.32 Å². The summed E-state index contributed by atoms with van der Waals surface area (Å²) in [6.07, 6.45) is 13.6. The maximum Gasteiger partial charge on any atom is 0.323 e. The van der Waals surface area contributed by atoms with Crippen LogP contribution in [0.3, 0.4) is 0 Å². The lowest BCUT2D eigenvalue weighted by Crippen LogP contribution is -2.55. The highest BCUT2D eigenvalue weighted by Gasteiger charge is 2.41. The van der Waals surface area contributed by atoms with Gasteiger partial charge in [0.25, 0.3) is 0 Å². The fourth-order valence-corrected chi connectivity index (χ4v) is 4.06. The molecular weight excluding hydrogens is 250 g/mol. The molecule has 0 saturated heterocycles. The molecule has 2 fully saturated rings. The smallest absolute Gasteiger partial charge is 0.323 e. The molecule has 0 bridgehead atoms. The van der Waals surface area contributed by atoms with Gasteiger partial charge in [-0.3, -0.25) is 10.1 Å². The van der Waals surface area contributed by atoms with Crippen molar-refractivity contribution in [1.82, 2.24) is 5.32 Å². The second-order valence-electron chi connectivity index (χ2n) is 6.93. The van der Waals surface area contributed by atoms with E-state index in [0.717, 1.165) is 44.4 Å². The molecule has 3 heteroatoms. The lowest BCUT2D eigenvalue weighted by molar-refractivity contribution is -0.146. The fourth-order valence-electron chi connectivity index (χ4n) is 4.06. The quantitative estimate of drug-likeness (QED) is 0.762. The maximum atomic E-state index is 11.9. The van der Waals surface area contributed by atoms with Crippen LogP contribution in [0.15, 0.2) is 0 Å². The van der Waals surface area contributed by atoms with Crippen molar-refractivity contribution in [3.05, 3.63) is 0 Å². The second-order valence-corrected chi connectivity index (χ2v) is 6.93. The Morgan fingerprint density at radius 3 is 2.35 bits per heavy atom. The van der Waals surface area contributed by atoms with E-state index in [4.69, 9.17) is 0 Å². The Hall–Kier alpha value is -0.570. The van der Waals surface area contributed by atoms with E-state index < -0.39 is 11.5 Å². The number of carboxylic acid groups (broad SMARTS) is 1. The molecule has 2 unspecified atom stereocenters. The first-order chi connectivity index (χ1) is 9.66. The first-order valence-corrected chi connectivity index (χ1v) is 8.67. The molecule has 0 aliphatic heterocycles. The Kier molecular flexibility index (Phi) is 5.88. The summed E-state index contributed by atoms with van der Waals surface area (Å²) in [6, 6.07) is 0.423. The lowest BCUT2D eigenvalue weighted by Gasteiger charge is -2.34. The molecule has 0 heterocycles. The van der Waals surface area contributed by atoms with Gasteiger partial charge in [0.05, 0.1) is 0 Å². The number of carbonyl (C=O) groups is 1. The van der Waals surface area contributed by atoms with Gasteiger partial charge in [-0.25, -0.2) is 0 Å². The molecule has 0 aromatic rings. The Labute approximate surface area is 123 Å². The number of hydrogen-bond acceptors (Lipinski definition) is 2. The van der Waals surface area contributed by atoms with Crippen molar-refractivity contribution < 1.29 is 9.90 Å². The molecule has 0 spiro atoms. The summed E-state index contributed by atoms with van der Waals surface area (Å²) in [5, 5.41) is 13.4. The third-order valence-corrected chi connectivity index (χ3v) is 5.52. The van der Waals surface area contributed by atoms with Gasteiger partial charge in [-0.05, 0) is 38.0 Å². The van der Waals surface area contributed by atoms with Gasteiger partial charge >= 0.3 is 5.97 Å². The number of carboxylic acids is 1. The Morgan fingerprint density at radius 1 is 1.05 bits per heavy atom. The van der Waals surface area contributed by atoms with E-state index in [1.807, 2.05) is 0 Å². The van der Waals surface area contributed by atoms with Crippen LogP contribution in [0.2, 0.25) is 0 Å². The molecule has 0 aromatic carbocycles. The van der Waals surface area contributed by atoms with Crippen LogP contribution in [0.1, 0.15) is 84.0 Å². The van der Waals surface area contributed by atoms with E-state index in [1.54, 1.807) is 0 Å². The third-order valence-electron chi connectivity index (χ3n) is 5.52. The molecule has 2 rings (SSSR count). The molecule has 2 atom stereocenters. The summed E-state index contributed by atoms with van der Waals surface area (Å²) in [5.74, 6) is 0.116. The zero-order chi connectivity index (χ0) is 14.4. The Morgan fingerprint density at radius 2 is 1.75 bits per heavy atom. The molecule has 0 amide bonds. The van der Waals surface area contributed by atoms with Crippen molar-refractivity contribution >= 4 is 5.97 Å². The van der Waals surface area contributed by atoms with Crippen molar-refractivity contribution in [1.29, 1.82) is 0 Å². The molecule has 0 radical (unpaired) electrons. The van der Waals surface area contributed by atoms with Crippen molar-refractivity contribution in [2.45, 2.75) is 95.6 Å². The van der Waals surface area contributed by atoms with E-state index in [1.165, 1.54) is 38.5 Å². The van der Waals surface area contributed by atoms with Crippen molar-refractivity contribution in [2.24, 2.45) is 5.92 Å². The molecule has 2 aliphatic carbocycles. The van der Waals surface area contributed by atoms with Crippen LogP contribution >= 0.6 is 0 Å².